The van der Waals surface area contributed by atoms with Gasteiger partial charge in [0.05, 0.1) is 16.3 Å². The fourth-order valence-corrected chi connectivity index (χ4v) is 1.11. The summed E-state index contributed by atoms with van der Waals surface area (Å²) >= 11 is 11.3. The first-order valence-corrected chi connectivity index (χ1v) is 4.21. The maximum Gasteiger partial charge on any atom is 0.188 e. The molecule has 0 spiro atoms. The molecule has 0 saturated heterocycles. The fourth-order valence-electron chi connectivity index (χ4n) is 0.813. The zero-order valence-electron chi connectivity index (χ0n) is 6.50. The SMILES string of the molecule is O=C(C=CO)c1ccc(Cl)c(Cl)c1. The van der Waals surface area contributed by atoms with E-state index in [0.29, 0.717) is 21.9 Å². The lowest BCUT2D eigenvalue weighted by molar-refractivity contribution is 0.104. The van der Waals surface area contributed by atoms with Crippen molar-refractivity contribution >= 4 is 29.0 Å². The number of allylic oxidation sites excluding steroid dienone is 1. The Morgan fingerprint density at radius 3 is 2.54 bits per heavy atom. The molecule has 0 bridgehead atoms. The Bertz CT molecular complexity index is 359. The van der Waals surface area contributed by atoms with Crippen LogP contribution in [-0.2, 0) is 0 Å². The molecule has 1 N–H and O–H groups in total. The number of halogens is 2. The number of aliphatic hydroxyl groups excluding tert-OH is 1. The molecule has 0 heterocycles. The van der Waals surface area contributed by atoms with Crippen LogP contribution < -0.4 is 0 Å². The van der Waals surface area contributed by atoms with Crippen LogP contribution in [0.2, 0.25) is 10.0 Å². The van der Waals surface area contributed by atoms with Gasteiger partial charge in [-0.3, -0.25) is 4.79 Å². The van der Waals surface area contributed by atoms with Gasteiger partial charge in [-0.05, 0) is 18.2 Å². The average molecular weight is 217 g/mol. The summed E-state index contributed by atoms with van der Waals surface area (Å²) < 4.78 is 0. The topological polar surface area (TPSA) is 37.3 Å². The van der Waals surface area contributed by atoms with E-state index in [1.807, 2.05) is 0 Å². The van der Waals surface area contributed by atoms with Gasteiger partial charge >= 0.3 is 0 Å². The minimum absolute atomic E-state index is 0.318. The monoisotopic (exact) mass is 216 g/mol. The van der Waals surface area contributed by atoms with Crippen molar-refractivity contribution in [3.63, 3.8) is 0 Å². The molecule has 0 radical (unpaired) electrons. The van der Waals surface area contributed by atoms with Crippen LogP contribution in [0.25, 0.3) is 0 Å². The molecule has 68 valence electrons. The predicted molar refractivity (Wildman–Crippen MR) is 52.6 cm³/mol. The molecule has 13 heavy (non-hydrogen) atoms. The molecule has 0 aliphatic rings. The Hall–Kier alpha value is -0.990. The van der Waals surface area contributed by atoms with E-state index in [4.69, 9.17) is 28.3 Å². The molecule has 4 heteroatoms. The molecule has 2 nitrogen and oxygen atoms in total. The van der Waals surface area contributed by atoms with E-state index in [1.54, 1.807) is 0 Å². The highest BCUT2D eigenvalue weighted by Gasteiger charge is 2.04. The summed E-state index contributed by atoms with van der Waals surface area (Å²) in [4.78, 5) is 11.2. The first kappa shape index (κ1) is 10.1. The number of benzene rings is 1. The lowest BCUT2D eigenvalue weighted by Gasteiger charge is -1.97. The highest BCUT2D eigenvalue weighted by atomic mass is 35.5. The van der Waals surface area contributed by atoms with Crippen molar-refractivity contribution in [2.75, 3.05) is 0 Å². The molecular weight excluding hydrogens is 211 g/mol. The first-order valence-electron chi connectivity index (χ1n) is 3.45. The Labute approximate surface area is 85.4 Å². The van der Waals surface area contributed by atoms with Gasteiger partial charge in [0.15, 0.2) is 5.78 Å². The summed E-state index contributed by atoms with van der Waals surface area (Å²) in [6.07, 6.45) is 1.73. The Morgan fingerprint density at radius 2 is 2.00 bits per heavy atom. The van der Waals surface area contributed by atoms with E-state index in [2.05, 4.69) is 0 Å². The summed E-state index contributed by atoms with van der Waals surface area (Å²) in [6.45, 7) is 0. The maximum atomic E-state index is 11.2. The molecule has 1 aromatic carbocycles. The number of hydrogen-bond acceptors (Lipinski definition) is 2. The Balaban J connectivity index is 3.04. The second-order valence-corrected chi connectivity index (χ2v) is 3.12. The van der Waals surface area contributed by atoms with Gasteiger partial charge < -0.3 is 5.11 Å². The number of carbonyl (C=O) groups is 1. The van der Waals surface area contributed by atoms with Crippen molar-refractivity contribution in [1.29, 1.82) is 0 Å². The molecule has 0 fully saturated rings. The smallest absolute Gasteiger partial charge is 0.188 e. The lowest BCUT2D eigenvalue weighted by Crippen LogP contribution is -1.93. The average Bonchev–Trinajstić information content (AvgIpc) is 2.10. The normalized spacial score (nSPS) is 10.6. The van der Waals surface area contributed by atoms with Crippen molar-refractivity contribution in [3.8, 4) is 0 Å². The van der Waals surface area contributed by atoms with E-state index >= 15 is 0 Å². The number of ketones is 1. The quantitative estimate of drug-likeness (QED) is 0.469. The molecule has 0 aliphatic carbocycles. The second-order valence-electron chi connectivity index (χ2n) is 2.31. The third kappa shape index (κ3) is 2.47. The second kappa shape index (κ2) is 4.30. The Morgan fingerprint density at radius 1 is 1.31 bits per heavy atom. The van der Waals surface area contributed by atoms with Gasteiger partial charge in [0.1, 0.15) is 0 Å². The van der Waals surface area contributed by atoms with E-state index in [1.165, 1.54) is 18.2 Å². The number of hydrogen-bond donors (Lipinski definition) is 1. The summed E-state index contributed by atoms with van der Waals surface area (Å²) in [5.41, 5.74) is 0.389. The summed E-state index contributed by atoms with van der Waals surface area (Å²) in [5.74, 6) is -0.318. The van der Waals surface area contributed by atoms with Crippen molar-refractivity contribution in [2.24, 2.45) is 0 Å². The van der Waals surface area contributed by atoms with E-state index in [-0.39, 0.29) is 5.78 Å². The van der Waals surface area contributed by atoms with E-state index < -0.39 is 0 Å². The molecular formula is C9H6Cl2O2. The minimum atomic E-state index is -0.318. The molecule has 1 rings (SSSR count). The van der Waals surface area contributed by atoms with Crippen molar-refractivity contribution in [2.45, 2.75) is 0 Å². The highest BCUT2D eigenvalue weighted by molar-refractivity contribution is 6.42. The number of rotatable bonds is 2. The van der Waals surface area contributed by atoms with Gasteiger partial charge in [-0.25, -0.2) is 0 Å². The van der Waals surface area contributed by atoms with Crippen LogP contribution >= 0.6 is 23.2 Å². The lowest BCUT2D eigenvalue weighted by atomic mass is 10.1. The molecule has 0 unspecified atom stereocenters. The van der Waals surface area contributed by atoms with E-state index in [0.717, 1.165) is 6.08 Å². The molecule has 0 amide bonds. The minimum Gasteiger partial charge on any atom is -0.515 e. The van der Waals surface area contributed by atoms with Crippen LogP contribution in [0.5, 0.6) is 0 Å². The molecule has 0 aromatic heterocycles. The molecule has 0 aliphatic heterocycles. The highest BCUT2D eigenvalue weighted by Crippen LogP contribution is 2.22. The molecule has 0 saturated carbocycles. The maximum absolute atomic E-state index is 11.2. The summed E-state index contributed by atoms with van der Waals surface area (Å²) in [6, 6.07) is 4.52. The van der Waals surface area contributed by atoms with Gasteiger partial charge in [-0.1, -0.05) is 23.2 Å². The van der Waals surface area contributed by atoms with Gasteiger partial charge in [-0.15, -0.1) is 0 Å². The van der Waals surface area contributed by atoms with Crippen LogP contribution in [0.3, 0.4) is 0 Å². The zero-order valence-corrected chi connectivity index (χ0v) is 8.01. The predicted octanol–water partition coefficient (Wildman–Crippen LogP) is 3.25. The largest absolute Gasteiger partial charge is 0.515 e. The fraction of sp³-hybridized carbons (Fsp3) is 0. The van der Waals surface area contributed by atoms with Crippen molar-refractivity contribution in [1.82, 2.24) is 0 Å². The third-order valence-corrected chi connectivity index (χ3v) is 2.17. The number of aliphatic hydroxyl groups is 1. The van der Waals surface area contributed by atoms with Crippen LogP contribution in [-0.4, -0.2) is 10.9 Å². The van der Waals surface area contributed by atoms with Crippen LogP contribution in [0.15, 0.2) is 30.5 Å². The van der Waals surface area contributed by atoms with E-state index in [9.17, 15) is 4.79 Å². The zero-order chi connectivity index (χ0) is 9.84. The summed E-state index contributed by atoms with van der Waals surface area (Å²) in [5, 5.41) is 9.07. The van der Waals surface area contributed by atoms with Crippen LogP contribution in [0, 0.1) is 0 Å². The van der Waals surface area contributed by atoms with Gasteiger partial charge in [0.25, 0.3) is 0 Å². The Kier molecular flexibility index (Phi) is 3.34. The summed E-state index contributed by atoms with van der Waals surface area (Å²) in [7, 11) is 0. The van der Waals surface area contributed by atoms with Gasteiger partial charge in [0, 0.05) is 11.6 Å². The van der Waals surface area contributed by atoms with Crippen molar-refractivity contribution < 1.29 is 9.90 Å². The van der Waals surface area contributed by atoms with Gasteiger partial charge in [-0.2, -0.15) is 0 Å². The standard InChI is InChI=1S/C9H6Cl2O2/c10-7-2-1-6(5-8(7)11)9(13)3-4-12/h1-5,12H. The molecule has 1 aromatic rings. The first-order chi connectivity index (χ1) is 6.15. The third-order valence-electron chi connectivity index (χ3n) is 1.43. The van der Waals surface area contributed by atoms with Crippen molar-refractivity contribution in [3.05, 3.63) is 46.1 Å². The van der Waals surface area contributed by atoms with Crippen LogP contribution in [0.4, 0.5) is 0 Å². The number of carbonyl (C=O) groups excluding carboxylic acids is 1. The van der Waals surface area contributed by atoms with Gasteiger partial charge in [0.2, 0.25) is 0 Å². The van der Waals surface area contributed by atoms with Crippen LogP contribution in [0.1, 0.15) is 10.4 Å². The molecule has 0 atom stereocenters.